The topological polar surface area (TPSA) is 32.3 Å². The lowest BCUT2D eigenvalue weighted by molar-refractivity contribution is 0.156. The first-order chi connectivity index (χ1) is 6.31. The predicted molar refractivity (Wildman–Crippen MR) is 53.9 cm³/mol. The summed E-state index contributed by atoms with van der Waals surface area (Å²) < 4.78 is 0. The maximum atomic E-state index is 9.75. The van der Waals surface area contributed by atoms with Gasteiger partial charge in [-0.3, -0.25) is 0 Å². The van der Waals surface area contributed by atoms with Gasteiger partial charge in [-0.15, -0.1) is 0 Å². The molecule has 1 aliphatic rings. The first-order valence-corrected chi connectivity index (χ1v) is 4.80. The summed E-state index contributed by atoms with van der Waals surface area (Å²) in [6.45, 7) is 0. The number of nitrogens with one attached hydrogen (secondary N) is 1. The summed E-state index contributed by atoms with van der Waals surface area (Å²) in [5, 5.41) is 12.8. The van der Waals surface area contributed by atoms with Gasteiger partial charge in [-0.1, -0.05) is 6.07 Å². The molecule has 0 fully saturated rings. The zero-order chi connectivity index (χ0) is 9.26. The fourth-order valence-corrected chi connectivity index (χ4v) is 1.93. The molecule has 0 heterocycles. The minimum Gasteiger partial charge on any atom is -0.388 e. The number of aryl methyl sites for hydroxylation is 1. The molecule has 0 saturated heterocycles. The van der Waals surface area contributed by atoms with E-state index in [-0.39, 0.29) is 6.10 Å². The molecule has 0 aliphatic heterocycles. The van der Waals surface area contributed by atoms with Crippen LogP contribution in [-0.2, 0) is 6.42 Å². The molecule has 1 aliphatic carbocycles. The van der Waals surface area contributed by atoms with Crippen molar-refractivity contribution in [2.45, 2.75) is 25.4 Å². The largest absolute Gasteiger partial charge is 0.388 e. The molecule has 2 heteroatoms. The van der Waals surface area contributed by atoms with Gasteiger partial charge in [-0.05, 0) is 42.5 Å². The Balaban J connectivity index is 2.41. The summed E-state index contributed by atoms with van der Waals surface area (Å²) in [5.74, 6) is 0. The Hall–Kier alpha value is -1.02. The van der Waals surface area contributed by atoms with Crippen molar-refractivity contribution in [3.05, 3.63) is 29.3 Å². The van der Waals surface area contributed by atoms with Gasteiger partial charge in [0.05, 0.1) is 6.10 Å². The maximum absolute atomic E-state index is 9.75. The van der Waals surface area contributed by atoms with Crippen molar-refractivity contribution in [1.29, 1.82) is 0 Å². The molecule has 1 unspecified atom stereocenters. The first kappa shape index (κ1) is 8.57. The quantitative estimate of drug-likeness (QED) is 0.688. The van der Waals surface area contributed by atoms with E-state index in [9.17, 15) is 5.11 Å². The lowest BCUT2D eigenvalue weighted by atomic mass is 9.89. The molecule has 2 N–H and O–H groups in total. The highest BCUT2D eigenvalue weighted by Gasteiger charge is 2.17. The van der Waals surface area contributed by atoms with E-state index in [1.807, 2.05) is 7.05 Å². The third-order valence-electron chi connectivity index (χ3n) is 2.72. The molecule has 0 spiro atoms. The van der Waals surface area contributed by atoms with E-state index < -0.39 is 0 Å². The van der Waals surface area contributed by atoms with Crippen molar-refractivity contribution >= 4 is 5.69 Å². The molecule has 0 radical (unpaired) electrons. The molecule has 1 aromatic rings. The van der Waals surface area contributed by atoms with Crippen LogP contribution in [0.4, 0.5) is 5.69 Å². The van der Waals surface area contributed by atoms with E-state index in [0.717, 1.165) is 30.5 Å². The molecule has 1 aromatic carbocycles. The molecule has 70 valence electrons. The van der Waals surface area contributed by atoms with Crippen LogP contribution >= 0.6 is 0 Å². The van der Waals surface area contributed by atoms with Crippen LogP contribution in [0.1, 0.15) is 30.1 Å². The van der Waals surface area contributed by atoms with Crippen LogP contribution in [0, 0.1) is 0 Å². The fraction of sp³-hybridized carbons (Fsp3) is 0.455. The van der Waals surface area contributed by atoms with Gasteiger partial charge >= 0.3 is 0 Å². The van der Waals surface area contributed by atoms with Gasteiger partial charge in [0.2, 0.25) is 0 Å². The van der Waals surface area contributed by atoms with Gasteiger partial charge in [0.25, 0.3) is 0 Å². The van der Waals surface area contributed by atoms with E-state index in [1.165, 1.54) is 5.56 Å². The van der Waals surface area contributed by atoms with Gasteiger partial charge in [-0.25, -0.2) is 0 Å². The van der Waals surface area contributed by atoms with Crippen molar-refractivity contribution < 1.29 is 5.11 Å². The standard InChI is InChI=1S/C11H15NO/c1-12-9-6-5-8-3-2-4-11(13)10(8)7-9/h5-7,11-13H,2-4H2,1H3. The van der Waals surface area contributed by atoms with Gasteiger partial charge in [0, 0.05) is 12.7 Å². The number of hydrogen-bond acceptors (Lipinski definition) is 2. The molecule has 1 atom stereocenters. The number of anilines is 1. The molecular weight excluding hydrogens is 162 g/mol. The molecule has 13 heavy (non-hydrogen) atoms. The molecule has 0 bridgehead atoms. The number of hydrogen-bond donors (Lipinski definition) is 2. The van der Waals surface area contributed by atoms with Crippen molar-refractivity contribution in [3.8, 4) is 0 Å². The van der Waals surface area contributed by atoms with Gasteiger partial charge < -0.3 is 10.4 Å². The van der Waals surface area contributed by atoms with Crippen LogP contribution < -0.4 is 5.32 Å². The summed E-state index contributed by atoms with van der Waals surface area (Å²) in [7, 11) is 1.90. The average Bonchev–Trinajstić information content (AvgIpc) is 2.18. The van der Waals surface area contributed by atoms with Crippen LogP contribution in [0.3, 0.4) is 0 Å². The van der Waals surface area contributed by atoms with Gasteiger partial charge in [0.15, 0.2) is 0 Å². The Morgan fingerprint density at radius 2 is 2.31 bits per heavy atom. The molecule has 2 rings (SSSR count). The fourth-order valence-electron chi connectivity index (χ4n) is 1.93. The molecular formula is C11H15NO. The van der Waals surface area contributed by atoms with Gasteiger partial charge in [-0.2, -0.15) is 0 Å². The second-order valence-electron chi connectivity index (χ2n) is 3.57. The van der Waals surface area contributed by atoms with Crippen molar-refractivity contribution in [1.82, 2.24) is 0 Å². The normalized spacial score (nSPS) is 20.9. The first-order valence-electron chi connectivity index (χ1n) is 4.80. The van der Waals surface area contributed by atoms with Crippen LogP contribution in [0.25, 0.3) is 0 Å². The summed E-state index contributed by atoms with van der Waals surface area (Å²) in [5.41, 5.74) is 3.50. The van der Waals surface area contributed by atoms with Crippen LogP contribution in [0.15, 0.2) is 18.2 Å². The monoisotopic (exact) mass is 177 g/mol. The summed E-state index contributed by atoms with van der Waals surface area (Å²) in [6, 6.07) is 6.24. The Labute approximate surface area is 78.6 Å². The van der Waals surface area contributed by atoms with E-state index in [4.69, 9.17) is 0 Å². The van der Waals surface area contributed by atoms with E-state index in [1.54, 1.807) is 0 Å². The number of aliphatic hydroxyl groups is 1. The van der Waals surface area contributed by atoms with E-state index in [0.29, 0.717) is 0 Å². The number of fused-ring (bicyclic) bond motifs is 1. The second kappa shape index (κ2) is 3.38. The van der Waals surface area contributed by atoms with Crippen LogP contribution in [0.5, 0.6) is 0 Å². The summed E-state index contributed by atoms with van der Waals surface area (Å²) in [6.07, 6.45) is 2.86. The van der Waals surface area contributed by atoms with Crippen molar-refractivity contribution in [3.63, 3.8) is 0 Å². The van der Waals surface area contributed by atoms with Crippen molar-refractivity contribution in [2.75, 3.05) is 12.4 Å². The summed E-state index contributed by atoms with van der Waals surface area (Å²) >= 11 is 0. The second-order valence-corrected chi connectivity index (χ2v) is 3.57. The highest BCUT2D eigenvalue weighted by molar-refractivity contribution is 5.49. The highest BCUT2D eigenvalue weighted by Crippen LogP contribution is 2.31. The predicted octanol–water partition coefficient (Wildman–Crippen LogP) is 2.10. The molecule has 0 amide bonds. The van der Waals surface area contributed by atoms with Gasteiger partial charge in [0.1, 0.15) is 0 Å². The highest BCUT2D eigenvalue weighted by atomic mass is 16.3. The molecule has 0 aromatic heterocycles. The number of rotatable bonds is 1. The lowest BCUT2D eigenvalue weighted by Gasteiger charge is -2.21. The Morgan fingerprint density at radius 1 is 1.46 bits per heavy atom. The smallest absolute Gasteiger partial charge is 0.0793 e. The summed E-state index contributed by atoms with van der Waals surface area (Å²) in [4.78, 5) is 0. The lowest BCUT2D eigenvalue weighted by Crippen LogP contribution is -2.09. The Morgan fingerprint density at radius 3 is 3.08 bits per heavy atom. The van der Waals surface area contributed by atoms with E-state index >= 15 is 0 Å². The van der Waals surface area contributed by atoms with Crippen LogP contribution in [0.2, 0.25) is 0 Å². The molecule has 0 saturated carbocycles. The SMILES string of the molecule is CNc1ccc2c(c1)C(O)CCC2. The van der Waals surface area contributed by atoms with Crippen molar-refractivity contribution in [2.24, 2.45) is 0 Å². The van der Waals surface area contributed by atoms with E-state index in [2.05, 4.69) is 23.5 Å². The minimum atomic E-state index is -0.253. The Kier molecular flexibility index (Phi) is 2.23. The number of aliphatic hydroxyl groups excluding tert-OH is 1. The van der Waals surface area contributed by atoms with Crippen LogP contribution in [-0.4, -0.2) is 12.2 Å². The zero-order valence-electron chi connectivity index (χ0n) is 7.88. The third-order valence-corrected chi connectivity index (χ3v) is 2.72. The Bertz CT molecular complexity index is 309. The minimum absolute atomic E-state index is 0.253. The maximum Gasteiger partial charge on any atom is 0.0793 e. The molecule has 2 nitrogen and oxygen atoms in total. The zero-order valence-corrected chi connectivity index (χ0v) is 7.88. The average molecular weight is 177 g/mol. The third kappa shape index (κ3) is 1.54. The number of benzene rings is 1.